The van der Waals surface area contributed by atoms with E-state index in [2.05, 4.69) is 0 Å². The zero-order chi connectivity index (χ0) is 17.6. The summed E-state index contributed by atoms with van der Waals surface area (Å²) < 4.78 is 49.8. The van der Waals surface area contributed by atoms with Crippen LogP contribution in [0.3, 0.4) is 0 Å². The summed E-state index contributed by atoms with van der Waals surface area (Å²) in [4.78, 5) is 24.4. The Bertz CT molecular complexity index is 561. The number of nitrogens with zero attached hydrogens (tertiary/aromatic N) is 1. The summed E-state index contributed by atoms with van der Waals surface area (Å²) in [5.74, 6) is -3.80. The highest BCUT2D eigenvalue weighted by Crippen LogP contribution is 2.49. The van der Waals surface area contributed by atoms with Crippen LogP contribution in [0.5, 0.6) is 0 Å². The summed E-state index contributed by atoms with van der Waals surface area (Å²) in [6.45, 7) is 3.98. The van der Waals surface area contributed by atoms with Gasteiger partial charge in [0.25, 0.3) is 5.79 Å². The van der Waals surface area contributed by atoms with E-state index in [9.17, 15) is 22.8 Å². The lowest BCUT2D eigenvalue weighted by Gasteiger charge is -2.31. The second kappa shape index (κ2) is 5.40. The van der Waals surface area contributed by atoms with Crippen molar-refractivity contribution in [2.45, 2.75) is 57.2 Å². The molecule has 2 heterocycles. The highest BCUT2D eigenvalue weighted by atomic mass is 19.4. The van der Waals surface area contributed by atoms with E-state index in [4.69, 9.17) is 14.6 Å². The van der Waals surface area contributed by atoms with Crippen molar-refractivity contribution >= 4 is 12.1 Å². The van der Waals surface area contributed by atoms with Gasteiger partial charge < -0.3 is 14.6 Å². The third-order valence-electron chi connectivity index (χ3n) is 4.15. The Balaban J connectivity index is 2.35. The highest BCUT2D eigenvalue weighted by molar-refractivity contribution is 5.90. The van der Waals surface area contributed by atoms with E-state index in [-0.39, 0.29) is 12.6 Å². The van der Waals surface area contributed by atoms with Crippen LogP contribution in [0.15, 0.2) is 11.6 Å². The van der Waals surface area contributed by atoms with Gasteiger partial charge in [0.05, 0.1) is 12.1 Å². The molecule has 1 amide bonds. The molecule has 130 valence electrons. The first-order valence-electron chi connectivity index (χ1n) is 7.19. The fourth-order valence-corrected chi connectivity index (χ4v) is 2.84. The molecule has 1 N–H and O–H groups in total. The van der Waals surface area contributed by atoms with Crippen LogP contribution in [0.2, 0.25) is 0 Å². The molecule has 0 bridgehead atoms. The minimum absolute atomic E-state index is 0.255. The number of carboxylic acids is 1. The second-order valence-electron chi connectivity index (χ2n) is 5.94. The van der Waals surface area contributed by atoms with Gasteiger partial charge in [0, 0.05) is 12.1 Å². The van der Waals surface area contributed by atoms with Gasteiger partial charge >= 0.3 is 18.2 Å². The molecule has 2 aliphatic rings. The lowest BCUT2D eigenvalue weighted by atomic mass is 9.96. The van der Waals surface area contributed by atoms with Crippen LogP contribution in [0.25, 0.3) is 0 Å². The normalized spacial score (nSPS) is 32.2. The van der Waals surface area contributed by atoms with E-state index >= 15 is 0 Å². The third kappa shape index (κ3) is 2.77. The lowest BCUT2D eigenvalue weighted by Crippen LogP contribution is -2.50. The summed E-state index contributed by atoms with van der Waals surface area (Å²) >= 11 is 0. The third-order valence-corrected chi connectivity index (χ3v) is 4.15. The predicted molar refractivity (Wildman–Crippen MR) is 71.6 cm³/mol. The number of rotatable bonds is 4. The predicted octanol–water partition coefficient (Wildman–Crippen LogP) is 2.69. The summed E-state index contributed by atoms with van der Waals surface area (Å²) in [5, 5.41) is 9.08. The number of halogens is 3. The molecular weight excluding hydrogens is 319 g/mol. The molecule has 0 radical (unpaired) electrons. The van der Waals surface area contributed by atoms with Crippen LogP contribution in [-0.2, 0) is 14.3 Å². The summed E-state index contributed by atoms with van der Waals surface area (Å²) in [6.07, 6.45) is -3.63. The Morgan fingerprint density at radius 2 is 2.13 bits per heavy atom. The number of alkyl halides is 3. The Hall–Kier alpha value is -1.77. The highest BCUT2D eigenvalue weighted by Gasteiger charge is 2.67. The molecule has 1 saturated heterocycles. The van der Waals surface area contributed by atoms with Gasteiger partial charge in [-0.25, -0.2) is 9.59 Å². The number of ether oxygens (including phenoxy) is 2. The number of hydrogen-bond donors (Lipinski definition) is 1. The maximum atomic E-state index is 13.3. The van der Waals surface area contributed by atoms with Gasteiger partial charge in [-0.3, -0.25) is 4.90 Å². The van der Waals surface area contributed by atoms with Gasteiger partial charge in [0.15, 0.2) is 5.60 Å². The fourth-order valence-electron chi connectivity index (χ4n) is 2.84. The smallest absolute Gasteiger partial charge is 0.421 e. The Morgan fingerprint density at radius 1 is 1.52 bits per heavy atom. The quantitative estimate of drug-likeness (QED) is 0.853. The first-order chi connectivity index (χ1) is 10.5. The molecule has 0 aliphatic carbocycles. The van der Waals surface area contributed by atoms with E-state index in [1.807, 2.05) is 6.92 Å². The molecule has 1 fully saturated rings. The van der Waals surface area contributed by atoms with E-state index < -0.39 is 35.2 Å². The van der Waals surface area contributed by atoms with Gasteiger partial charge in [-0.05, 0) is 20.3 Å². The van der Waals surface area contributed by atoms with Crippen LogP contribution in [0, 0.1) is 0 Å². The first-order valence-corrected chi connectivity index (χ1v) is 7.19. The lowest BCUT2D eigenvalue weighted by molar-refractivity contribution is -0.298. The number of aliphatic carboxylic acids is 1. The minimum atomic E-state index is -4.96. The van der Waals surface area contributed by atoms with Crippen molar-refractivity contribution in [1.29, 1.82) is 0 Å². The Labute approximate surface area is 130 Å². The van der Waals surface area contributed by atoms with Crippen molar-refractivity contribution in [2.75, 3.05) is 6.54 Å². The molecule has 3 unspecified atom stereocenters. The molecule has 0 saturated carbocycles. The molecule has 23 heavy (non-hydrogen) atoms. The molecular formula is C14H18F3NO5. The van der Waals surface area contributed by atoms with Crippen molar-refractivity contribution in [3.63, 3.8) is 0 Å². The molecule has 3 atom stereocenters. The average Bonchev–Trinajstić information content (AvgIpc) is 2.87. The van der Waals surface area contributed by atoms with Crippen molar-refractivity contribution < 1.29 is 37.3 Å². The largest absolute Gasteiger partial charge is 0.478 e. The topological polar surface area (TPSA) is 76.1 Å². The maximum Gasteiger partial charge on any atom is 0.421 e. The van der Waals surface area contributed by atoms with Gasteiger partial charge in [-0.1, -0.05) is 13.3 Å². The summed E-state index contributed by atoms with van der Waals surface area (Å²) in [6, 6.07) is -0.255. The maximum absolute atomic E-state index is 13.3. The van der Waals surface area contributed by atoms with Crippen molar-refractivity contribution in [3.05, 3.63) is 11.6 Å². The number of amides is 1. The van der Waals surface area contributed by atoms with E-state index in [1.54, 1.807) is 6.92 Å². The molecule has 0 aromatic carbocycles. The number of hydrogen-bond acceptors (Lipinski definition) is 4. The molecule has 1 spiro atoms. The Morgan fingerprint density at radius 3 is 2.57 bits per heavy atom. The monoisotopic (exact) mass is 337 g/mol. The van der Waals surface area contributed by atoms with Gasteiger partial charge in [0.1, 0.15) is 0 Å². The second-order valence-corrected chi connectivity index (χ2v) is 5.94. The average molecular weight is 337 g/mol. The van der Waals surface area contributed by atoms with Gasteiger partial charge in [-0.2, -0.15) is 13.2 Å². The summed E-state index contributed by atoms with van der Waals surface area (Å²) in [7, 11) is 0. The molecule has 9 heteroatoms. The molecule has 2 aliphatic heterocycles. The van der Waals surface area contributed by atoms with Crippen LogP contribution in [-0.4, -0.2) is 52.2 Å². The Kier molecular flexibility index (Phi) is 4.13. The molecule has 0 aromatic rings. The van der Waals surface area contributed by atoms with Crippen LogP contribution >= 0.6 is 0 Å². The molecule has 0 aromatic heterocycles. The van der Waals surface area contributed by atoms with E-state index in [0.717, 1.165) is 12.5 Å². The fraction of sp³-hybridized carbons (Fsp3) is 0.714. The number of carbonyl (C=O) groups excluding carboxylic acids is 1. The zero-order valence-corrected chi connectivity index (χ0v) is 12.9. The number of carbonyl (C=O) groups is 2. The zero-order valence-electron chi connectivity index (χ0n) is 12.9. The van der Waals surface area contributed by atoms with Crippen molar-refractivity contribution in [3.8, 4) is 0 Å². The van der Waals surface area contributed by atoms with Gasteiger partial charge in [-0.15, -0.1) is 0 Å². The van der Waals surface area contributed by atoms with Gasteiger partial charge in [0.2, 0.25) is 0 Å². The standard InChI is InChI=1S/C14H18F3NO5/c1-4-5-8(2)18-7-13(22-11(18)21)6-9(10(19)20)12(3,23-13)14(15,16)17/h6,8H,4-5,7H2,1-3H3,(H,19,20). The molecule has 2 rings (SSSR count). The minimum Gasteiger partial charge on any atom is -0.478 e. The SMILES string of the molecule is CCCC(C)N1CC2(C=C(C(=O)O)C(C)(C(F)(F)F)O2)OC1=O. The number of carboxylic acid groups (broad SMARTS) is 1. The van der Waals surface area contributed by atoms with Crippen LogP contribution < -0.4 is 0 Å². The van der Waals surface area contributed by atoms with E-state index in [0.29, 0.717) is 13.3 Å². The van der Waals surface area contributed by atoms with Crippen LogP contribution in [0.1, 0.15) is 33.6 Å². The van der Waals surface area contributed by atoms with Crippen molar-refractivity contribution in [1.82, 2.24) is 4.90 Å². The first kappa shape index (κ1) is 17.6. The van der Waals surface area contributed by atoms with Crippen molar-refractivity contribution in [2.24, 2.45) is 0 Å². The van der Waals surface area contributed by atoms with E-state index in [1.165, 1.54) is 4.90 Å². The van der Waals surface area contributed by atoms with Crippen LogP contribution in [0.4, 0.5) is 18.0 Å². The summed E-state index contributed by atoms with van der Waals surface area (Å²) in [5.41, 5.74) is -4.02. The molecule has 6 nitrogen and oxygen atoms in total.